The summed E-state index contributed by atoms with van der Waals surface area (Å²) in [6.07, 6.45) is 0. The molecule has 0 radical (unpaired) electrons. The van der Waals surface area contributed by atoms with Gasteiger partial charge in [-0.3, -0.25) is 9.59 Å². The Hall–Kier alpha value is -3.18. The number of hydrogen-bond donors (Lipinski definition) is 0. The number of nitrogens with zero attached hydrogens (tertiary/aromatic N) is 2. The first-order valence-corrected chi connectivity index (χ1v) is 12.5. The Morgan fingerprint density at radius 2 is 1.76 bits per heavy atom. The minimum atomic E-state index is -3.48. The monoisotopic (exact) mass is 492 g/mol. The van der Waals surface area contributed by atoms with Crippen molar-refractivity contribution in [2.24, 2.45) is 4.99 Å². The van der Waals surface area contributed by atoms with Gasteiger partial charge in [-0.2, -0.15) is 4.99 Å². The van der Waals surface area contributed by atoms with Gasteiger partial charge in [-0.15, -0.1) is 0 Å². The standard InChI is InChI=1S/C22H24N2O7S2/c1-5-31-20(25)13-24-16-11-17(29-3)18(30-4)12-19(16)32-22(24)23-21(26)14-8-7-9-15(10-14)33(27,28)6-2/h7-12H,5-6,13H2,1-4H3. The number of aromatic nitrogens is 1. The van der Waals surface area contributed by atoms with E-state index >= 15 is 0 Å². The number of amides is 1. The number of ether oxygens (including phenoxy) is 3. The molecule has 0 aliphatic rings. The Bertz CT molecular complexity index is 1370. The van der Waals surface area contributed by atoms with Crippen molar-refractivity contribution < 1.29 is 32.2 Å². The quantitative estimate of drug-likeness (QED) is 0.444. The number of sulfone groups is 1. The SMILES string of the molecule is CCOC(=O)Cn1c(=NC(=O)c2cccc(S(=O)(=O)CC)c2)sc2cc(OC)c(OC)cc21. The summed E-state index contributed by atoms with van der Waals surface area (Å²) >= 11 is 1.18. The zero-order valence-electron chi connectivity index (χ0n) is 18.7. The third kappa shape index (κ3) is 5.25. The number of esters is 1. The summed E-state index contributed by atoms with van der Waals surface area (Å²) in [5.41, 5.74) is 0.736. The van der Waals surface area contributed by atoms with Crippen LogP contribution in [0.5, 0.6) is 11.5 Å². The number of thiazole rings is 1. The lowest BCUT2D eigenvalue weighted by molar-refractivity contribution is -0.143. The van der Waals surface area contributed by atoms with E-state index < -0.39 is 21.7 Å². The Balaban J connectivity index is 2.17. The summed E-state index contributed by atoms with van der Waals surface area (Å²) < 4.78 is 42.4. The summed E-state index contributed by atoms with van der Waals surface area (Å²) in [4.78, 5) is 29.7. The lowest BCUT2D eigenvalue weighted by atomic mass is 10.2. The van der Waals surface area contributed by atoms with E-state index in [0.29, 0.717) is 21.7 Å². The molecule has 0 saturated heterocycles. The maximum atomic E-state index is 12.9. The molecule has 11 heteroatoms. The minimum Gasteiger partial charge on any atom is -0.493 e. The molecule has 0 N–H and O–H groups in total. The van der Waals surface area contributed by atoms with Crippen molar-refractivity contribution in [1.82, 2.24) is 4.57 Å². The Morgan fingerprint density at radius 3 is 2.39 bits per heavy atom. The molecule has 0 spiro atoms. The van der Waals surface area contributed by atoms with E-state index in [2.05, 4.69) is 4.99 Å². The van der Waals surface area contributed by atoms with E-state index in [1.54, 1.807) is 23.6 Å². The van der Waals surface area contributed by atoms with Gasteiger partial charge >= 0.3 is 5.97 Å². The highest BCUT2D eigenvalue weighted by Gasteiger charge is 2.18. The molecular weight excluding hydrogens is 468 g/mol. The van der Waals surface area contributed by atoms with E-state index in [4.69, 9.17) is 14.2 Å². The molecule has 0 aliphatic heterocycles. The summed E-state index contributed by atoms with van der Waals surface area (Å²) in [5, 5.41) is 0. The highest BCUT2D eigenvalue weighted by molar-refractivity contribution is 7.91. The van der Waals surface area contributed by atoms with Crippen LogP contribution in [0.25, 0.3) is 10.2 Å². The van der Waals surface area contributed by atoms with Gasteiger partial charge in [-0.25, -0.2) is 8.42 Å². The highest BCUT2D eigenvalue weighted by atomic mass is 32.2. The molecular formula is C22H24N2O7S2. The van der Waals surface area contributed by atoms with Crippen molar-refractivity contribution in [2.45, 2.75) is 25.3 Å². The van der Waals surface area contributed by atoms with Gasteiger partial charge in [-0.1, -0.05) is 24.3 Å². The number of rotatable bonds is 8. The second-order valence-corrected chi connectivity index (χ2v) is 10.1. The molecule has 0 aliphatic carbocycles. The molecule has 1 amide bonds. The first kappa shape index (κ1) is 24.5. The predicted molar refractivity (Wildman–Crippen MR) is 124 cm³/mol. The zero-order valence-corrected chi connectivity index (χ0v) is 20.3. The van der Waals surface area contributed by atoms with E-state index in [1.807, 2.05) is 0 Å². The van der Waals surface area contributed by atoms with E-state index in [-0.39, 0.29) is 34.2 Å². The van der Waals surface area contributed by atoms with Gasteiger partial charge in [0.25, 0.3) is 5.91 Å². The normalized spacial score (nSPS) is 12.1. The molecule has 3 aromatic rings. The van der Waals surface area contributed by atoms with Crippen LogP contribution in [-0.2, 0) is 25.9 Å². The van der Waals surface area contributed by atoms with Crippen LogP contribution >= 0.6 is 11.3 Å². The van der Waals surface area contributed by atoms with Crippen LogP contribution in [0.2, 0.25) is 0 Å². The third-order valence-electron chi connectivity index (χ3n) is 4.80. The molecule has 33 heavy (non-hydrogen) atoms. The topological polar surface area (TPSA) is 113 Å². The lowest BCUT2D eigenvalue weighted by Crippen LogP contribution is -2.23. The molecule has 0 fully saturated rings. The summed E-state index contributed by atoms with van der Waals surface area (Å²) in [7, 11) is -0.471. The molecule has 2 aromatic carbocycles. The van der Waals surface area contributed by atoms with Crippen LogP contribution in [0.4, 0.5) is 0 Å². The van der Waals surface area contributed by atoms with Crippen LogP contribution in [0, 0.1) is 0 Å². The highest BCUT2D eigenvalue weighted by Crippen LogP contribution is 2.33. The summed E-state index contributed by atoms with van der Waals surface area (Å²) in [5.74, 6) is -0.259. The lowest BCUT2D eigenvalue weighted by Gasteiger charge is -2.09. The second kappa shape index (κ2) is 10.2. The first-order valence-electron chi connectivity index (χ1n) is 10.1. The maximum absolute atomic E-state index is 12.9. The molecule has 1 aromatic heterocycles. The largest absolute Gasteiger partial charge is 0.493 e. The van der Waals surface area contributed by atoms with Crippen LogP contribution in [0.3, 0.4) is 0 Å². The number of benzene rings is 2. The van der Waals surface area contributed by atoms with Crippen molar-refractivity contribution in [3.63, 3.8) is 0 Å². The molecule has 0 atom stereocenters. The Labute approximate surface area is 195 Å². The number of methoxy groups -OCH3 is 2. The van der Waals surface area contributed by atoms with Crippen molar-refractivity contribution >= 4 is 43.3 Å². The average Bonchev–Trinajstić information content (AvgIpc) is 3.13. The molecule has 0 unspecified atom stereocenters. The maximum Gasteiger partial charge on any atom is 0.326 e. The second-order valence-electron chi connectivity index (χ2n) is 6.80. The van der Waals surface area contributed by atoms with Gasteiger partial charge < -0.3 is 18.8 Å². The van der Waals surface area contributed by atoms with E-state index in [0.717, 1.165) is 0 Å². The summed E-state index contributed by atoms with van der Waals surface area (Å²) in [6.45, 7) is 3.28. The summed E-state index contributed by atoms with van der Waals surface area (Å²) in [6, 6.07) is 9.17. The van der Waals surface area contributed by atoms with Gasteiger partial charge in [0.15, 0.2) is 26.1 Å². The van der Waals surface area contributed by atoms with Gasteiger partial charge in [0, 0.05) is 17.7 Å². The fourth-order valence-electron chi connectivity index (χ4n) is 3.11. The predicted octanol–water partition coefficient (Wildman–Crippen LogP) is 2.82. The van der Waals surface area contributed by atoms with Gasteiger partial charge in [0.1, 0.15) is 6.54 Å². The Kier molecular flexibility index (Phi) is 7.54. The molecule has 3 rings (SSSR count). The van der Waals surface area contributed by atoms with Crippen LogP contribution < -0.4 is 14.3 Å². The fourth-order valence-corrected chi connectivity index (χ4v) is 5.07. The number of carbonyl (C=O) groups is 2. The van der Waals surface area contributed by atoms with E-state index in [9.17, 15) is 18.0 Å². The Morgan fingerprint density at radius 1 is 1.06 bits per heavy atom. The molecule has 0 saturated carbocycles. The number of carbonyl (C=O) groups excluding carboxylic acids is 2. The minimum absolute atomic E-state index is 0.0521. The van der Waals surface area contributed by atoms with Gasteiger partial charge in [0.2, 0.25) is 0 Å². The van der Waals surface area contributed by atoms with Crippen molar-refractivity contribution in [2.75, 3.05) is 26.6 Å². The van der Waals surface area contributed by atoms with Crippen molar-refractivity contribution in [3.8, 4) is 11.5 Å². The number of hydrogen-bond acceptors (Lipinski definition) is 8. The van der Waals surface area contributed by atoms with Crippen LogP contribution in [0.1, 0.15) is 24.2 Å². The van der Waals surface area contributed by atoms with Gasteiger partial charge in [-0.05, 0) is 25.1 Å². The number of fused-ring (bicyclic) bond motifs is 1. The van der Waals surface area contributed by atoms with Crippen molar-refractivity contribution in [3.05, 3.63) is 46.8 Å². The molecule has 0 bridgehead atoms. The molecule has 9 nitrogen and oxygen atoms in total. The fraction of sp³-hybridized carbons (Fsp3) is 0.318. The first-order chi connectivity index (χ1) is 15.7. The van der Waals surface area contributed by atoms with Crippen molar-refractivity contribution in [1.29, 1.82) is 0 Å². The van der Waals surface area contributed by atoms with E-state index in [1.165, 1.54) is 56.7 Å². The molecule has 1 heterocycles. The zero-order chi connectivity index (χ0) is 24.2. The molecule has 176 valence electrons. The average molecular weight is 493 g/mol. The van der Waals surface area contributed by atoms with Gasteiger partial charge in [0.05, 0.1) is 41.7 Å². The third-order valence-corrected chi connectivity index (χ3v) is 7.57. The van der Waals surface area contributed by atoms with Crippen LogP contribution in [0.15, 0.2) is 46.3 Å². The smallest absolute Gasteiger partial charge is 0.326 e. The van der Waals surface area contributed by atoms with Crippen LogP contribution in [-0.4, -0.2) is 51.4 Å².